The van der Waals surface area contributed by atoms with E-state index in [0.717, 1.165) is 64.8 Å². The van der Waals surface area contributed by atoms with Crippen molar-refractivity contribution in [2.24, 2.45) is 0 Å². The third-order valence-corrected chi connectivity index (χ3v) is 8.43. The van der Waals surface area contributed by atoms with Gasteiger partial charge in [0.2, 0.25) is 5.91 Å². The van der Waals surface area contributed by atoms with Crippen LogP contribution in [0.3, 0.4) is 0 Å². The largest absolute Gasteiger partial charge is 0.457 e. The predicted octanol–water partition coefficient (Wildman–Crippen LogP) is 4.74. The number of para-hydroxylation sites is 1. The molecule has 190 valence electrons. The lowest BCUT2D eigenvalue weighted by Gasteiger charge is -2.35. The monoisotopic (exact) mass is 515 g/mol. The van der Waals surface area contributed by atoms with Gasteiger partial charge in [-0.1, -0.05) is 30.0 Å². The first-order valence-corrected chi connectivity index (χ1v) is 13.5. The SMILES string of the molecule is Cc1ccccc1Oc1ccc(N2C(=O)NC3c4c2ccnc4S[C@H]3C(=O)NC2CCCNC2)c(C)c1. The Morgan fingerprint density at radius 3 is 2.78 bits per heavy atom. The highest BCUT2D eigenvalue weighted by Gasteiger charge is 2.47. The molecule has 3 atom stereocenters. The number of benzene rings is 2. The van der Waals surface area contributed by atoms with Crippen molar-refractivity contribution in [3.63, 3.8) is 0 Å². The highest BCUT2D eigenvalue weighted by atomic mass is 32.2. The Bertz CT molecular complexity index is 1370. The summed E-state index contributed by atoms with van der Waals surface area (Å²) in [6, 6.07) is 14.9. The van der Waals surface area contributed by atoms with Crippen LogP contribution in [-0.4, -0.2) is 41.3 Å². The van der Waals surface area contributed by atoms with Gasteiger partial charge in [-0.05, 0) is 74.7 Å². The molecular formula is C28H29N5O3S. The van der Waals surface area contributed by atoms with E-state index in [2.05, 4.69) is 20.9 Å². The van der Waals surface area contributed by atoms with Gasteiger partial charge in [-0.3, -0.25) is 9.69 Å². The minimum absolute atomic E-state index is 0.0599. The maximum absolute atomic E-state index is 13.5. The minimum atomic E-state index is -0.456. The Kier molecular flexibility index (Phi) is 6.26. The highest BCUT2D eigenvalue weighted by molar-refractivity contribution is 8.01. The number of aromatic nitrogens is 1. The van der Waals surface area contributed by atoms with Gasteiger partial charge in [-0.25, -0.2) is 9.78 Å². The summed E-state index contributed by atoms with van der Waals surface area (Å²) in [5.41, 5.74) is 4.36. The minimum Gasteiger partial charge on any atom is -0.457 e. The fourth-order valence-corrected chi connectivity index (χ4v) is 6.50. The van der Waals surface area contributed by atoms with Gasteiger partial charge < -0.3 is 20.7 Å². The van der Waals surface area contributed by atoms with Crippen LogP contribution in [-0.2, 0) is 4.79 Å². The summed E-state index contributed by atoms with van der Waals surface area (Å²) in [6.07, 6.45) is 3.71. The van der Waals surface area contributed by atoms with Crippen LogP contribution in [0.5, 0.6) is 11.5 Å². The summed E-state index contributed by atoms with van der Waals surface area (Å²) in [5.74, 6) is 1.44. The van der Waals surface area contributed by atoms with Crippen LogP contribution < -0.4 is 25.6 Å². The molecular weight excluding hydrogens is 486 g/mol. The summed E-state index contributed by atoms with van der Waals surface area (Å²) in [5, 5.41) is 9.93. The summed E-state index contributed by atoms with van der Waals surface area (Å²) < 4.78 is 6.10. The second-order valence-electron chi connectivity index (χ2n) is 9.72. The van der Waals surface area contributed by atoms with Gasteiger partial charge in [0, 0.05) is 24.3 Å². The number of pyridine rings is 1. The number of anilines is 2. The standard InChI is InChI=1S/C28H29N5O3S/c1-16-6-3-4-8-22(16)36-19-9-10-20(17(2)14-19)33-21-11-13-30-27-23(21)24(32-28(33)35)25(37-27)26(34)31-18-7-5-12-29-15-18/h3-4,6,8-11,13-14,18,24-25,29H,5,7,12,15H2,1-2H3,(H,31,34)(H,32,35)/t18?,24?,25-/m1/s1. The molecule has 3 aliphatic heterocycles. The van der Waals surface area contributed by atoms with E-state index in [1.54, 1.807) is 11.1 Å². The molecule has 1 fully saturated rings. The zero-order valence-electron chi connectivity index (χ0n) is 20.8. The first kappa shape index (κ1) is 23.8. The normalized spacial score (nSPS) is 22.3. The summed E-state index contributed by atoms with van der Waals surface area (Å²) in [4.78, 5) is 33.0. The van der Waals surface area contributed by atoms with Gasteiger partial charge in [0.1, 0.15) is 21.8 Å². The summed E-state index contributed by atoms with van der Waals surface area (Å²) in [6.45, 7) is 5.72. The lowest BCUT2D eigenvalue weighted by atomic mass is 9.99. The van der Waals surface area contributed by atoms with Crippen molar-refractivity contribution in [1.29, 1.82) is 0 Å². The maximum Gasteiger partial charge on any atom is 0.327 e. The van der Waals surface area contributed by atoms with Crippen molar-refractivity contribution in [3.8, 4) is 11.5 Å². The second-order valence-corrected chi connectivity index (χ2v) is 10.8. The Labute approximate surface area is 220 Å². The van der Waals surface area contributed by atoms with E-state index in [1.165, 1.54) is 11.8 Å². The van der Waals surface area contributed by atoms with Crippen LogP contribution in [0, 0.1) is 13.8 Å². The van der Waals surface area contributed by atoms with Crippen LogP contribution in [0.25, 0.3) is 0 Å². The van der Waals surface area contributed by atoms with Gasteiger partial charge in [0.25, 0.3) is 0 Å². The first-order valence-electron chi connectivity index (χ1n) is 12.6. The fraction of sp³-hybridized carbons (Fsp3) is 0.321. The Balaban J connectivity index is 1.27. The molecule has 1 aromatic heterocycles. The highest BCUT2D eigenvalue weighted by Crippen LogP contribution is 2.51. The van der Waals surface area contributed by atoms with E-state index < -0.39 is 11.3 Å². The third kappa shape index (κ3) is 4.42. The van der Waals surface area contributed by atoms with Crippen LogP contribution in [0.4, 0.5) is 16.2 Å². The Morgan fingerprint density at radius 1 is 1.14 bits per heavy atom. The second kappa shape index (κ2) is 9.72. The number of piperidine rings is 1. The smallest absolute Gasteiger partial charge is 0.327 e. The van der Waals surface area contributed by atoms with E-state index in [0.29, 0.717) is 5.75 Å². The first-order chi connectivity index (χ1) is 18.0. The molecule has 4 heterocycles. The van der Waals surface area contributed by atoms with Crippen molar-refractivity contribution >= 4 is 35.1 Å². The van der Waals surface area contributed by atoms with E-state index in [-0.39, 0.29) is 18.0 Å². The van der Waals surface area contributed by atoms with E-state index in [9.17, 15) is 9.59 Å². The van der Waals surface area contributed by atoms with Crippen molar-refractivity contribution in [2.45, 2.75) is 49.0 Å². The molecule has 0 saturated carbocycles. The number of amides is 3. The maximum atomic E-state index is 13.5. The quantitative estimate of drug-likeness (QED) is 0.455. The number of rotatable bonds is 5. The summed E-state index contributed by atoms with van der Waals surface area (Å²) in [7, 11) is 0. The average molecular weight is 516 g/mol. The third-order valence-electron chi connectivity index (χ3n) is 7.14. The molecule has 0 radical (unpaired) electrons. The topological polar surface area (TPSA) is 95.6 Å². The number of urea groups is 1. The van der Waals surface area contributed by atoms with Gasteiger partial charge in [0.15, 0.2) is 0 Å². The number of aryl methyl sites for hydroxylation is 2. The summed E-state index contributed by atoms with van der Waals surface area (Å²) >= 11 is 1.42. The molecule has 3 aliphatic rings. The fourth-order valence-electron chi connectivity index (χ4n) is 5.26. The van der Waals surface area contributed by atoms with Gasteiger partial charge >= 0.3 is 6.03 Å². The molecule has 37 heavy (non-hydrogen) atoms. The van der Waals surface area contributed by atoms with Crippen LogP contribution in [0.2, 0.25) is 0 Å². The molecule has 3 N–H and O–H groups in total. The van der Waals surface area contributed by atoms with Crippen molar-refractivity contribution in [1.82, 2.24) is 20.9 Å². The molecule has 0 aliphatic carbocycles. The molecule has 3 amide bonds. The molecule has 1 saturated heterocycles. The molecule has 9 heteroatoms. The van der Waals surface area contributed by atoms with Gasteiger partial charge in [-0.2, -0.15) is 0 Å². The number of nitrogens with one attached hydrogen (secondary N) is 3. The molecule has 0 spiro atoms. The predicted molar refractivity (Wildman–Crippen MR) is 144 cm³/mol. The zero-order chi connectivity index (χ0) is 25.5. The molecule has 2 unspecified atom stereocenters. The van der Waals surface area contributed by atoms with Crippen LogP contribution in [0.15, 0.2) is 59.8 Å². The van der Waals surface area contributed by atoms with Crippen molar-refractivity contribution < 1.29 is 14.3 Å². The lowest BCUT2D eigenvalue weighted by molar-refractivity contribution is -0.121. The van der Waals surface area contributed by atoms with E-state index >= 15 is 0 Å². The number of thioether (sulfide) groups is 1. The van der Waals surface area contributed by atoms with E-state index in [4.69, 9.17) is 4.74 Å². The molecule has 3 aromatic rings. The zero-order valence-corrected chi connectivity index (χ0v) is 21.6. The van der Waals surface area contributed by atoms with Crippen LogP contribution in [0.1, 0.15) is 35.6 Å². The number of hydrogen-bond acceptors (Lipinski definition) is 6. The van der Waals surface area contributed by atoms with Crippen molar-refractivity contribution in [3.05, 3.63) is 71.4 Å². The number of ether oxygens (including phenoxy) is 1. The van der Waals surface area contributed by atoms with E-state index in [1.807, 2.05) is 62.4 Å². The molecule has 8 nitrogen and oxygen atoms in total. The number of nitrogens with zero attached hydrogens (tertiary/aromatic N) is 2. The Hall–Kier alpha value is -3.56. The molecule has 6 rings (SSSR count). The molecule has 2 aromatic carbocycles. The number of hydrogen-bond donors (Lipinski definition) is 3. The van der Waals surface area contributed by atoms with Crippen molar-refractivity contribution in [2.75, 3.05) is 18.0 Å². The number of carbonyl (C=O) groups excluding carboxylic acids is 2. The Morgan fingerprint density at radius 2 is 2.00 bits per heavy atom. The lowest BCUT2D eigenvalue weighted by Crippen LogP contribution is -2.52. The molecule has 0 bridgehead atoms. The van der Waals surface area contributed by atoms with Gasteiger partial charge in [-0.15, -0.1) is 0 Å². The average Bonchev–Trinajstić information content (AvgIpc) is 3.27. The number of carbonyl (C=O) groups is 2. The van der Waals surface area contributed by atoms with Gasteiger partial charge in [0.05, 0.1) is 17.4 Å². The van der Waals surface area contributed by atoms with Crippen LogP contribution >= 0.6 is 11.8 Å².